The van der Waals surface area contributed by atoms with E-state index in [4.69, 9.17) is 4.74 Å². The van der Waals surface area contributed by atoms with Crippen molar-refractivity contribution in [3.05, 3.63) is 71.1 Å². The lowest BCUT2D eigenvalue weighted by molar-refractivity contribution is -0.119. The Balaban J connectivity index is 1.87. The fraction of sp³-hybridized carbons (Fsp3) is 0.273. The summed E-state index contributed by atoms with van der Waals surface area (Å²) < 4.78 is 7.14. The van der Waals surface area contributed by atoms with Crippen LogP contribution in [0.2, 0.25) is 0 Å². The van der Waals surface area contributed by atoms with Crippen molar-refractivity contribution < 1.29 is 9.53 Å². The fourth-order valence-electron chi connectivity index (χ4n) is 3.08. The van der Waals surface area contributed by atoms with E-state index in [-0.39, 0.29) is 24.1 Å². The molecule has 5 nitrogen and oxygen atoms in total. The number of nitrogens with zero attached hydrogens (tertiary/aromatic N) is 2. The minimum atomic E-state index is -0.180. The predicted octanol–water partition coefficient (Wildman–Crippen LogP) is 3.84. The Morgan fingerprint density at radius 3 is 2.52 bits per heavy atom. The summed E-state index contributed by atoms with van der Waals surface area (Å²) in [7, 11) is 0. The second-order valence-corrected chi connectivity index (χ2v) is 6.64. The molecule has 0 spiro atoms. The van der Waals surface area contributed by atoms with Gasteiger partial charge in [-0.15, -0.1) is 0 Å². The first-order valence-corrected chi connectivity index (χ1v) is 9.15. The maximum atomic E-state index is 12.8. The molecule has 27 heavy (non-hydrogen) atoms. The SMILES string of the molecule is CCN(C(=O)Cn1ccc2cc(OC(C)C)ccc2c1=O)c1ccccc1. The van der Waals surface area contributed by atoms with Gasteiger partial charge in [0.15, 0.2) is 0 Å². The molecule has 3 rings (SSSR count). The summed E-state index contributed by atoms with van der Waals surface area (Å²) in [5.41, 5.74) is 0.648. The molecule has 1 aromatic heterocycles. The summed E-state index contributed by atoms with van der Waals surface area (Å²) in [5.74, 6) is 0.608. The molecule has 0 radical (unpaired) electrons. The number of amides is 1. The first-order chi connectivity index (χ1) is 13.0. The summed E-state index contributed by atoms with van der Waals surface area (Å²) in [5, 5.41) is 1.38. The Hall–Kier alpha value is -3.08. The van der Waals surface area contributed by atoms with Gasteiger partial charge >= 0.3 is 0 Å². The topological polar surface area (TPSA) is 51.5 Å². The number of pyridine rings is 1. The van der Waals surface area contributed by atoms with Crippen LogP contribution in [-0.4, -0.2) is 23.1 Å². The zero-order chi connectivity index (χ0) is 19.4. The van der Waals surface area contributed by atoms with E-state index < -0.39 is 0 Å². The van der Waals surface area contributed by atoms with Crippen LogP contribution in [0.5, 0.6) is 5.75 Å². The minimum absolute atomic E-state index is 0.00174. The molecule has 2 aromatic carbocycles. The van der Waals surface area contributed by atoms with Crippen LogP contribution in [0.4, 0.5) is 5.69 Å². The van der Waals surface area contributed by atoms with Gasteiger partial charge in [0, 0.05) is 23.8 Å². The van der Waals surface area contributed by atoms with Crippen molar-refractivity contribution in [3.8, 4) is 5.75 Å². The largest absolute Gasteiger partial charge is 0.491 e. The Labute approximate surface area is 158 Å². The van der Waals surface area contributed by atoms with E-state index in [0.717, 1.165) is 16.8 Å². The molecule has 1 amide bonds. The lowest BCUT2D eigenvalue weighted by Crippen LogP contribution is -2.36. The average Bonchev–Trinajstić information content (AvgIpc) is 2.65. The van der Waals surface area contributed by atoms with Gasteiger partial charge in [-0.05, 0) is 62.6 Å². The van der Waals surface area contributed by atoms with Crippen molar-refractivity contribution in [2.24, 2.45) is 0 Å². The van der Waals surface area contributed by atoms with E-state index >= 15 is 0 Å². The molecule has 0 aliphatic heterocycles. The molecular formula is C22H24N2O3. The molecule has 0 atom stereocenters. The van der Waals surface area contributed by atoms with Gasteiger partial charge in [0.05, 0.1) is 6.10 Å². The number of carbonyl (C=O) groups is 1. The van der Waals surface area contributed by atoms with Crippen molar-refractivity contribution in [1.29, 1.82) is 0 Å². The molecule has 0 N–H and O–H groups in total. The molecule has 0 aliphatic carbocycles. The van der Waals surface area contributed by atoms with Crippen molar-refractivity contribution >= 4 is 22.4 Å². The summed E-state index contributed by atoms with van der Waals surface area (Å²) in [6.07, 6.45) is 1.74. The first kappa shape index (κ1) is 18.7. The monoisotopic (exact) mass is 364 g/mol. The van der Waals surface area contributed by atoms with Crippen LogP contribution in [0, 0.1) is 0 Å². The zero-order valence-electron chi connectivity index (χ0n) is 15.9. The van der Waals surface area contributed by atoms with E-state index in [1.807, 2.05) is 63.2 Å². The molecule has 5 heteroatoms. The van der Waals surface area contributed by atoms with Gasteiger partial charge in [-0.1, -0.05) is 18.2 Å². The molecule has 140 valence electrons. The van der Waals surface area contributed by atoms with Crippen LogP contribution in [0.25, 0.3) is 10.8 Å². The minimum Gasteiger partial charge on any atom is -0.491 e. The van der Waals surface area contributed by atoms with Crippen molar-refractivity contribution in [2.45, 2.75) is 33.4 Å². The Kier molecular flexibility index (Phi) is 5.60. The standard InChI is InChI=1S/C22H24N2O3/c1-4-24(18-8-6-5-7-9-18)21(25)15-23-13-12-17-14-19(27-16(2)3)10-11-20(17)22(23)26/h5-14,16H,4,15H2,1-3H3. The summed E-state index contributed by atoms with van der Waals surface area (Å²) in [6.45, 7) is 6.38. The maximum Gasteiger partial charge on any atom is 0.258 e. The van der Waals surface area contributed by atoms with Crippen LogP contribution in [0.1, 0.15) is 20.8 Å². The molecule has 0 saturated heterocycles. The third-order valence-electron chi connectivity index (χ3n) is 4.31. The second kappa shape index (κ2) is 8.08. The number of carbonyl (C=O) groups excluding carboxylic acids is 1. The quantitative estimate of drug-likeness (QED) is 0.668. The lowest BCUT2D eigenvalue weighted by atomic mass is 10.1. The highest BCUT2D eigenvalue weighted by atomic mass is 16.5. The van der Waals surface area contributed by atoms with Crippen molar-refractivity contribution in [2.75, 3.05) is 11.4 Å². The summed E-state index contributed by atoms with van der Waals surface area (Å²) in [6, 6.07) is 16.7. The van der Waals surface area contributed by atoms with Gasteiger partial charge in [-0.2, -0.15) is 0 Å². The first-order valence-electron chi connectivity index (χ1n) is 9.15. The number of benzene rings is 2. The van der Waals surface area contributed by atoms with E-state index in [1.54, 1.807) is 23.2 Å². The maximum absolute atomic E-state index is 12.8. The number of hydrogen-bond donors (Lipinski definition) is 0. The number of fused-ring (bicyclic) bond motifs is 1. The predicted molar refractivity (Wildman–Crippen MR) is 108 cm³/mol. The van der Waals surface area contributed by atoms with Gasteiger partial charge in [0.1, 0.15) is 12.3 Å². The zero-order valence-corrected chi connectivity index (χ0v) is 15.9. The summed E-state index contributed by atoms with van der Waals surface area (Å²) >= 11 is 0. The number of hydrogen-bond acceptors (Lipinski definition) is 3. The molecule has 0 fully saturated rings. The van der Waals surface area contributed by atoms with Crippen molar-refractivity contribution in [3.63, 3.8) is 0 Å². The number of aromatic nitrogens is 1. The molecular weight excluding hydrogens is 340 g/mol. The molecule has 0 saturated carbocycles. The van der Waals surface area contributed by atoms with Gasteiger partial charge in [-0.25, -0.2) is 0 Å². The number of likely N-dealkylation sites (N-methyl/N-ethyl adjacent to an activating group) is 1. The van der Waals surface area contributed by atoms with E-state index in [2.05, 4.69) is 0 Å². The Morgan fingerprint density at radius 2 is 1.85 bits per heavy atom. The van der Waals surface area contributed by atoms with Gasteiger partial charge in [0.25, 0.3) is 5.56 Å². The third-order valence-corrected chi connectivity index (χ3v) is 4.31. The molecule has 0 bridgehead atoms. The number of rotatable bonds is 6. The van der Waals surface area contributed by atoms with Gasteiger partial charge < -0.3 is 14.2 Å². The normalized spacial score (nSPS) is 11.0. The van der Waals surface area contributed by atoms with E-state index in [1.165, 1.54) is 4.57 Å². The van der Waals surface area contributed by atoms with Crippen LogP contribution in [-0.2, 0) is 11.3 Å². The van der Waals surface area contributed by atoms with Gasteiger partial charge in [0.2, 0.25) is 5.91 Å². The molecule has 1 heterocycles. The van der Waals surface area contributed by atoms with Crippen LogP contribution in [0.15, 0.2) is 65.6 Å². The third kappa shape index (κ3) is 4.19. The number of para-hydroxylation sites is 1. The number of ether oxygens (including phenoxy) is 1. The highest BCUT2D eigenvalue weighted by Crippen LogP contribution is 2.20. The highest BCUT2D eigenvalue weighted by molar-refractivity contribution is 5.93. The molecule has 3 aromatic rings. The second-order valence-electron chi connectivity index (χ2n) is 6.64. The smallest absolute Gasteiger partial charge is 0.258 e. The molecule has 0 unspecified atom stereocenters. The van der Waals surface area contributed by atoms with E-state index in [0.29, 0.717) is 11.9 Å². The lowest BCUT2D eigenvalue weighted by Gasteiger charge is -2.21. The molecule has 0 aliphatic rings. The van der Waals surface area contributed by atoms with E-state index in [9.17, 15) is 9.59 Å². The Bertz CT molecular complexity index is 993. The van der Waals surface area contributed by atoms with Crippen LogP contribution >= 0.6 is 0 Å². The van der Waals surface area contributed by atoms with Crippen molar-refractivity contribution in [1.82, 2.24) is 4.57 Å². The number of anilines is 1. The Morgan fingerprint density at radius 1 is 1.11 bits per heavy atom. The average molecular weight is 364 g/mol. The van der Waals surface area contributed by atoms with Crippen LogP contribution < -0.4 is 15.2 Å². The van der Waals surface area contributed by atoms with Gasteiger partial charge in [-0.3, -0.25) is 9.59 Å². The fourth-order valence-corrected chi connectivity index (χ4v) is 3.08. The highest BCUT2D eigenvalue weighted by Gasteiger charge is 2.15. The summed E-state index contributed by atoms with van der Waals surface area (Å²) in [4.78, 5) is 27.2. The van der Waals surface area contributed by atoms with Crippen LogP contribution in [0.3, 0.4) is 0 Å².